The second kappa shape index (κ2) is 7.33. The fourth-order valence-corrected chi connectivity index (χ4v) is 3.79. The number of aromatic amines is 1. The quantitative estimate of drug-likeness (QED) is 0.425. The number of fused-ring (bicyclic) bond motifs is 1. The average Bonchev–Trinajstić information content (AvgIpc) is 3.49. The summed E-state index contributed by atoms with van der Waals surface area (Å²) >= 11 is 1.48. The van der Waals surface area contributed by atoms with Crippen molar-refractivity contribution < 1.29 is 4.74 Å². The molecule has 0 bridgehead atoms. The summed E-state index contributed by atoms with van der Waals surface area (Å²) in [7, 11) is 0. The first kappa shape index (κ1) is 17.3. The predicted octanol–water partition coefficient (Wildman–Crippen LogP) is 4.47. The summed E-state index contributed by atoms with van der Waals surface area (Å²) < 4.78 is 7.27. The Morgan fingerprint density at radius 2 is 1.86 bits per heavy atom. The molecule has 1 N–H and O–H groups in total. The van der Waals surface area contributed by atoms with Crippen molar-refractivity contribution in [3.05, 3.63) is 73.3 Å². The third-order valence-corrected chi connectivity index (χ3v) is 5.30. The van der Waals surface area contributed by atoms with Gasteiger partial charge >= 0.3 is 0 Å². The normalized spacial score (nSPS) is 11.0. The van der Waals surface area contributed by atoms with Crippen LogP contribution in [0.1, 0.15) is 0 Å². The SMILES string of the molecule is C=CCOc1ccc(-c2nn3c(-c4cc(-c5ccccc5)n[nH]4)nnc3s2)cc1. The van der Waals surface area contributed by atoms with Crippen LogP contribution in [0, 0.1) is 0 Å². The van der Waals surface area contributed by atoms with Crippen molar-refractivity contribution in [2.75, 3.05) is 6.61 Å². The number of benzene rings is 2. The molecule has 3 heterocycles. The van der Waals surface area contributed by atoms with Crippen molar-refractivity contribution in [1.29, 1.82) is 0 Å². The molecule has 2 aromatic carbocycles. The number of nitrogens with one attached hydrogen (secondary N) is 1. The summed E-state index contributed by atoms with van der Waals surface area (Å²) in [5.74, 6) is 1.42. The van der Waals surface area contributed by atoms with Crippen LogP contribution in [0.3, 0.4) is 0 Å². The van der Waals surface area contributed by atoms with Gasteiger partial charge in [-0.2, -0.15) is 14.7 Å². The lowest BCUT2D eigenvalue weighted by atomic mass is 10.1. The Kier molecular flexibility index (Phi) is 4.38. The lowest BCUT2D eigenvalue weighted by Gasteiger charge is -2.03. The molecule has 29 heavy (non-hydrogen) atoms. The van der Waals surface area contributed by atoms with E-state index in [0.29, 0.717) is 12.4 Å². The Balaban J connectivity index is 1.46. The number of rotatable bonds is 6. The van der Waals surface area contributed by atoms with Crippen molar-refractivity contribution >= 4 is 16.3 Å². The molecule has 3 aromatic heterocycles. The molecule has 7 nitrogen and oxygen atoms in total. The Hall–Kier alpha value is -3.78. The summed E-state index contributed by atoms with van der Waals surface area (Å²) in [6.07, 6.45) is 1.72. The average molecular weight is 400 g/mol. The molecule has 0 amide bonds. The Bertz CT molecular complexity index is 1270. The fraction of sp³-hybridized carbons (Fsp3) is 0.0476. The highest BCUT2D eigenvalue weighted by molar-refractivity contribution is 7.19. The van der Waals surface area contributed by atoms with Crippen LogP contribution in [0.5, 0.6) is 5.75 Å². The van der Waals surface area contributed by atoms with Gasteiger partial charge in [-0.3, -0.25) is 5.10 Å². The van der Waals surface area contributed by atoms with Crippen LogP contribution in [0.15, 0.2) is 73.3 Å². The van der Waals surface area contributed by atoms with Gasteiger partial charge in [0, 0.05) is 11.1 Å². The van der Waals surface area contributed by atoms with Crippen LogP contribution in [0.25, 0.3) is 38.3 Å². The zero-order valence-electron chi connectivity index (χ0n) is 15.3. The molecule has 0 unspecified atom stereocenters. The molecule has 0 atom stereocenters. The maximum atomic E-state index is 5.53. The monoisotopic (exact) mass is 400 g/mol. The van der Waals surface area contributed by atoms with Crippen LogP contribution >= 0.6 is 11.3 Å². The van der Waals surface area contributed by atoms with Gasteiger partial charge in [-0.1, -0.05) is 54.3 Å². The molecule has 0 saturated heterocycles. The maximum Gasteiger partial charge on any atom is 0.235 e. The lowest BCUT2D eigenvalue weighted by molar-refractivity contribution is 0.363. The van der Waals surface area contributed by atoms with E-state index in [2.05, 4.69) is 27.0 Å². The van der Waals surface area contributed by atoms with Gasteiger partial charge in [0.25, 0.3) is 0 Å². The molecule has 0 radical (unpaired) electrons. The minimum Gasteiger partial charge on any atom is -0.490 e. The molecule has 0 spiro atoms. The van der Waals surface area contributed by atoms with Crippen molar-refractivity contribution in [2.24, 2.45) is 0 Å². The summed E-state index contributed by atoms with van der Waals surface area (Å²) in [5.41, 5.74) is 3.64. The van der Waals surface area contributed by atoms with E-state index in [-0.39, 0.29) is 0 Å². The Labute approximate surface area is 170 Å². The molecule has 0 aliphatic rings. The van der Waals surface area contributed by atoms with Gasteiger partial charge in [-0.05, 0) is 30.3 Å². The molecule has 5 aromatic rings. The van der Waals surface area contributed by atoms with Crippen molar-refractivity contribution in [3.8, 4) is 39.1 Å². The summed E-state index contributed by atoms with van der Waals surface area (Å²) in [6.45, 7) is 4.14. The number of nitrogens with zero attached hydrogens (tertiary/aromatic N) is 5. The minimum absolute atomic E-state index is 0.481. The molecular weight excluding hydrogens is 384 g/mol. The fourth-order valence-electron chi connectivity index (χ4n) is 2.94. The number of aromatic nitrogens is 6. The third kappa shape index (κ3) is 3.30. The number of hydrogen-bond acceptors (Lipinski definition) is 6. The molecule has 142 valence electrons. The molecule has 0 aliphatic carbocycles. The van der Waals surface area contributed by atoms with Crippen LogP contribution in [0.2, 0.25) is 0 Å². The minimum atomic E-state index is 0.481. The van der Waals surface area contributed by atoms with Crippen LogP contribution in [0.4, 0.5) is 0 Å². The first-order valence-corrected chi connectivity index (χ1v) is 9.81. The van der Waals surface area contributed by atoms with Crippen molar-refractivity contribution in [3.63, 3.8) is 0 Å². The highest BCUT2D eigenvalue weighted by atomic mass is 32.1. The van der Waals surface area contributed by atoms with Gasteiger partial charge in [0.2, 0.25) is 10.8 Å². The molecule has 0 aliphatic heterocycles. The molecule has 0 saturated carbocycles. The first-order chi connectivity index (χ1) is 14.3. The summed E-state index contributed by atoms with van der Waals surface area (Å²) in [6, 6.07) is 19.7. The van der Waals surface area contributed by atoms with E-state index in [1.54, 1.807) is 10.6 Å². The smallest absolute Gasteiger partial charge is 0.235 e. The van der Waals surface area contributed by atoms with E-state index in [1.807, 2.05) is 60.7 Å². The van der Waals surface area contributed by atoms with Crippen LogP contribution < -0.4 is 4.74 Å². The number of H-pyrrole nitrogens is 1. The zero-order chi connectivity index (χ0) is 19.6. The Morgan fingerprint density at radius 3 is 2.66 bits per heavy atom. The number of hydrogen-bond donors (Lipinski definition) is 1. The van der Waals surface area contributed by atoms with Crippen molar-refractivity contribution in [1.82, 2.24) is 30.0 Å². The molecule has 0 fully saturated rings. The highest BCUT2D eigenvalue weighted by Gasteiger charge is 2.16. The predicted molar refractivity (Wildman–Crippen MR) is 113 cm³/mol. The first-order valence-electron chi connectivity index (χ1n) is 8.99. The van der Waals surface area contributed by atoms with Crippen molar-refractivity contribution in [2.45, 2.75) is 0 Å². The van der Waals surface area contributed by atoms with Crippen LogP contribution in [-0.4, -0.2) is 36.6 Å². The third-order valence-electron chi connectivity index (χ3n) is 4.35. The van der Waals surface area contributed by atoms with E-state index in [0.717, 1.165) is 38.2 Å². The van der Waals surface area contributed by atoms with E-state index in [9.17, 15) is 0 Å². The van der Waals surface area contributed by atoms with E-state index >= 15 is 0 Å². The molecular formula is C21H16N6OS. The van der Waals surface area contributed by atoms with Crippen LogP contribution in [-0.2, 0) is 0 Å². The summed E-state index contributed by atoms with van der Waals surface area (Å²) in [4.78, 5) is 0.720. The maximum absolute atomic E-state index is 5.53. The van der Waals surface area contributed by atoms with Gasteiger partial charge in [-0.15, -0.1) is 10.2 Å². The van der Waals surface area contributed by atoms with E-state index in [4.69, 9.17) is 9.84 Å². The zero-order valence-corrected chi connectivity index (χ0v) is 16.1. The van der Waals surface area contributed by atoms with E-state index < -0.39 is 0 Å². The second-order valence-electron chi connectivity index (χ2n) is 6.28. The Morgan fingerprint density at radius 1 is 1.03 bits per heavy atom. The largest absolute Gasteiger partial charge is 0.490 e. The molecule has 8 heteroatoms. The second-order valence-corrected chi connectivity index (χ2v) is 7.24. The lowest BCUT2D eigenvalue weighted by Crippen LogP contribution is -1.93. The van der Waals surface area contributed by atoms with Gasteiger partial charge in [-0.25, -0.2) is 0 Å². The van der Waals surface area contributed by atoms with E-state index in [1.165, 1.54) is 11.3 Å². The van der Waals surface area contributed by atoms with Gasteiger partial charge < -0.3 is 4.74 Å². The van der Waals surface area contributed by atoms with Gasteiger partial charge in [0.1, 0.15) is 23.1 Å². The molecule has 5 rings (SSSR count). The highest BCUT2D eigenvalue weighted by Crippen LogP contribution is 2.29. The van der Waals surface area contributed by atoms with Gasteiger partial charge in [0.15, 0.2) is 0 Å². The topological polar surface area (TPSA) is 81.0 Å². The van der Waals surface area contributed by atoms with Gasteiger partial charge in [0.05, 0.1) is 5.69 Å². The summed E-state index contributed by atoms with van der Waals surface area (Å²) in [5, 5.41) is 21.5. The number of ether oxygens (including phenoxy) is 1. The standard InChI is InChI=1S/C21H16N6OS/c1-2-12-28-16-10-8-15(9-11-16)20-26-27-19(24-25-21(27)29-20)18-13-17(22-23-18)14-6-4-3-5-7-14/h2-11,13H,1,12H2,(H,22,23).